The molecule has 1 aromatic rings. The molecule has 0 spiro atoms. The van der Waals surface area contributed by atoms with E-state index in [9.17, 15) is 4.39 Å². The molecule has 0 aliphatic heterocycles. The molecule has 1 rings (SSSR count). The van der Waals surface area contributed by atoms with Crippen molar-refractivity contribution < 1.29 is 4.39 Å². The summed E-state index contributed by atoms with van der Waals surface area (Å²) < 4.78 is 13.6. The molecule has 0 heterocycles. The predicted octanol–water partition coefficient (Wildman–Crippen LogP) is 5.36. The number of benzene rings is 1. The predicted molar refractivity (Wildman–Crippen MR) is 68.9 cm³/mol. The lowest BCUT2D eigenvalue weighted by atomic mass is 10.1. The van der Waals surface area contributed by atoms with Gasteiger partial charge in [0.05, 0.1) is 0 Å². The highest BCUT2D eigenvalue weighted by molar-refractivity contribution is 5.58. The molecule has 0 aliphatic rings. The van der Waals surface area contributed by atoms with Crippen LogP contribution in [0.15, 0.2) is 36.4 Å². The molecular formula is C15H21F. The number of allylic oxidation sites excluding steroid dienone is 1. The van der Waals surface area contributed by atoms with Crippen LogP contribution in [0.25, 0.3) is 5.83 Å². The Morgan fingerprint density at radius 3 is 2.44 bits per heavy atom. The molecule has 0 N–H and O–H groups in total. The van der Waals surface area contributed by atoms with Gasteiger partial charge in [-0.05, 0) is 18.9 Å². The van der Waals surface area contributed by atoms with Gasteiger partial charge in [-0.25, -0.2) is 4.39 Å². The summed E-state index contributed by atoms with van der Waals surface area (Å²) in [6.07, 6.45) is 8.70. The average molecular weight is 220 g/mol. The van der Waals surface area contributed by atoms with Crippen LogP contribution in [0.4, 0.5) is 4.39 Å². The first-order chi connectivity index (χ1) is 7.84. The second-order valence-electron chi connectivity index (χ2n) is 4.12. The Bertz CT molecular complexity index is 300. The van der Waals surface area contributed by atoms with E-state index in [1.165, 1.54) is 25.7 Å². The molecule has 0 saturated heterocycles. The van der Waals surface area contributed by atoms with Crippen LogP contribution in [0, 0.1) is 0 Å². The van der Waals surface area contributed by atoms with Gasteiger partial charge in [0.15, 0.2) is 0 Å². The summed E-state index contributed by atoms with van der Waals surface area (Å²) in [5.74, 6) is -0.0870. The zero-order valence-corrected chi connectivity index (χ0v) is 10.1. The van der Waals surface area contributed by atoms with Crippen molar-refractivity contribution >= 4 is 5.83 Å². The Morgan fingerprint density at radius 1 is 1.06 bits per heavy atom. The average Bonchev–Trinajstić information content (AvgIpc) is 2.34. The fourth-order valence-corrected chi connectivity index (χ4v) is 1.69. The Labute approximate surface area is 98.2 Å². The molecule has 0 aliphatic carbocycles. The molecule has 0 atom stereocenters. The monoisotopic (exact) mass is 220 g/mol. The number of rotatable bonds is 7. The second kappa shape index (κ2) is 8.09. The molecule has 0 radical (unpaired) electrons. The molecule has 0 amide bonds. The lowest BCUT2D eigenvalue weighted by Gasteiger charge is -1.98. The third-order valence-electron chi connectivity index (χ3n) is 2.68. The van der Waals surface area contributed by atoms with Crippen molar-refractivity contribution in [3.05, 3.63) is 42.0 Å². The Morgan fingerprint density at radius 2 is 1.75 bits per heavy atom. The van der Waals surface area contributed by atoms with Crippen LogP contribution in [0.5, 0.6) is 0 Å². The number of hydrogen-bond donors (Lipinski definition) is 0. The van der Waals surface area contributed by atoms with Crippen molar-refractivity contribution in [3.8, 4) is 0 Å². The summed E-state index contributed by atoms with van der Waals surface area (Å²) in [5.41, 5.74) is 0.691. The van der Waals surface area contributed by atoms with Gasteiger partial charge in [-0.15, -0.1) is 0 Å². The van der Waals surface area contributed by atoms with E-state index in [0.29, 0.717) is 5.56 Å². The SMILES string of the molecule is CCCCCCC/C=C(\F)c1ccccc1. The first-order valence-corrected chi connectivity index (χ1v) is 6.25. The van der Waals surface area contributed by atoms with Gasteiger partial charge in [0, 0.05) is 5.56 Å². The molecule has 16 heavy (non-hydrogen) atoms. The Hall–Kier alpha value is -1.11. The molecular weight excluding hydrogens is 199 g/mol. The largest absolute Gasteiger partial charge is 0.207 e. The molecule has 1 heteroatoms. The van der Waals surface area contributed by atoms with Crippen LogP contribution in [0.3, 0.4) is 0 Å². The topological polar surface area (TPSA) is 0 Å². The Kier molecular flexibility index (Phi) is 6.55. The fourth-order valence-electron chi connectivity index (χ4n) is 1.69. The van der Waals surface area contributed by atoms with Crippen molar-refractivity contribution in [2.75, 3.05) is 0 Å². The van der Waals surface area contributed by atoms with Gasteiger partial charge in [0.1, 0.15) is 5.83 Å². The van der Waals surface area contributed by atoms with Crippen molar-refractivity contribution in [3.63, 3.8) is 0 Å². The Balaban J connectivity index is 2.24. The molecule has 88 valence electrons. The zero-order valence-electron chi connectivity index (χ0n) is 10.1. The molecule has 0 nitrogen and oxygen atoms in total. The summed E-state index contributed by atoms with van der Waals surface area (Å²) in [6.45, 7) is 2.20. The second-order valence-corrected chi connectivity index (χ2v) is 4.12. The first kappa shape index (κ1) is 13.0. The number of hydrogen-bond acceptors (Lipinski definition) is 0. The van der Waals surface area contributed by atoms with E-state index in [0.717, 1.165) is 12.8 Å². The van der Waals surface area contributed by atoms with Crippen LogP contribution in [0.2, 0.25) is 0 Å². The third kappa shape index (κ3) is 5.11. The van der Waals surface area contributed by atoms with Gasteiger partial charge in [-0.3, -0.25) is 0 Å². The maximum atomic E-state index is 13.6. The van der Waals surface area contributed by atoms with Gasteiger partial charge < -0.3 is 0 Å². The van der Waals surface area contributed by atoms with E-state index >= 15 is 0 Å². The lowest BCUT2D eigenvalue weighted by molar-refractivity contribution is 0.635. The molecule has 0 aromatic heterocycles. The van der Waals surface area contributed by atoms with E-state index in [2.05, 4.69) is 6.92 Å². The normalized spacial score (nSPS) is 11.8. The summed E-state index contributed by atoms with van der Waals surface area (Å²) in [6, 6.07) is 9.25. The van der Waals surface area contributed by atoms with Crippen LogP contribution in [-0.2, 0) is 0 Å². The molecule has 0 unspecified atom stereocenters. The minimum Gasteiger partial charge on any atom is -0.207 e. The van der Waals surface area contributed by atoms with Crippen LogP contribution < -0.4 is 0 Å². The van der Waals surface area contributed by atoms with Crippen LogP contribution in [0.1, 0.15) is 51.0 Å². The summed E-state index contributed by atoms with van der Waals surface area (Å²) >= 11 is 0. The highest BCUT2D eigenvalue weighted by Crippen LogP contribution is 2.17. The minimum absolute atomic E-state index is 0.0870. The van der Waals surface area contributed by atoms with E-state index < -0.39 is 0 Å². The van der Waals surface area contributed by atoms with Crippen LogP contribution in [-0.4, -0.2) is 0 Å². The van der Waals surface area contributed by atoms with Gasteiger partial charge >= 0.3 is 0 Å². The maximum Gasteiger partial charge on any atom is 0.126 e. The zero-order chi connectivity index (χ0) is 11.6. The quantitative estimate of drug-likeness (QED) is 0.543. The van der Waals surface area contributed by atoms with Gasteiger partial charge in [-0.2, -0.15) is 0 Å². The van der Waals surface area contributed by atoms with Crippen molar-refractivity contribution in [1.82, 2.24) is 0 Å². The van der Waals surface area contributed by atoms with Crippen molar-refractivity contribution in [2.24, 2.45) is 0 Å². The summed E-state index contributed by atoms with van der Waals surface area (Å²) in [4.78, 5) is 0. The van der Waals surface area contributed by atoms with Gasteiger partial charge in [-0.1, -0.05) is 62.9 Å². The molecule has 0 saturated carbocycles. The van der Waals surface area contributed by atoms with Gasteiger partial charge in [0.2, 0.25) is 0 Å². The molecule has 0 fully saturated rings. The van der Waals surface area contributed by atoms with Gasteiger partial charge in [0.25, 0.3) is 0 Å². The number of unbranched alkanes of at least 4 members (excludes halogenated alkanes) is 5. The number of halogens is 1. The fraction of sp³-hybridized carbons (Fsp3) is 0.467. The minimum atomic E-state index is -0.0870. The standard InChI is InChI=1S/C15H21F/c1-2-3-4-5-6-10-13-15(16)14-11-8-7-9-12-14/h7-9,11-13H,2-6,10H2,1H3/b15-13-. The smallest absolute Gasteiger partial charge is 0.126 e. The highest BCUT2D eigenvalue weighted by atomic mass is 19.1. The molecule has 1 aromatic carbocycles. The van der Waals surface area contributed by atoms with E-state index in [1.807, 2.05) is 30.3 Å². The van der Waals surface area contributed by atoms with Crippen molar-refractivity contribution in [2.45, 2.75) is 45.4 Å². The van der Waals surface area contributed by atoms with Crippen LogP contribution >= 0.6 is 0 Å². The lowest BCUT2D eigenvalue weighted by Crippen LogP contribution is -1.79. The first-order valence-electron chi connectivity index (χ1n) is 6.25. The third-order valence-corrected chi connectivity index (χ3v) is 2.68. The van der Waals surface area contributed by atoms with Crippen molar-refractivity contribution in [1.29, 1.82) is 0 Å². The summed E-state index contributed by atoms with van der Waals surface area (Å²) in [7, 11) is 0. The van der Waals surface area contributed by atoms with E-state index in [-0.39, 0.29) is 5.83 Å². The highest BCUT2D eigenvalue weighted by Gasteiger charge is 1.97. The molecule has 0 bridgehead atoms. The summed E-state index contributed by atoms with van der Waals surface area (Å²) in [5, 5.41) is 0. The maximum absolute atomic E-state index is 13.6. The van der Waals surface area contributed by atoms with E-state index in [1.54, 1.807) is 6.08 Å². The van der Waals surface area contributed by atoms with E-state index in [4.69, 9.17) is 0 Å².